The number of nitrogens with zero attached hydrogens (tertiary/aromatic N) is 2. The summed E-state index contributed by atoms with van der Waals surface area (Å²) in [5.74, 6) is -2.05. The van der Waals surface area contributed by atoms with Gasteiger partial charge in [0.15, 0.2) is 5.78 Å². The molecule has 0 saturated heterocycles. The Morgan fingerprint density at radius 1 is 0.761 bits per heavy atom. The number of hydrogen-bond acceptors (Lipinski definition) is 8. The van der Waals surface area contributed by atoms with E-state index in [1.807, 2.05) is 75.6 Å². The molecule has 46 heavy (non-hydrogen) atoms. The summed E-state index contributed by atoms with van der Waals surface area (Å²) in [6, 6.07) is 12.0. The summed E-state index contributed by atoms with van der Waals surface area (Å²) in [7, 11) is -8.30. The van der Waals surface area contributed by atoms with Crippen molar-refractivity contribution in [2.45, 2.75) is 65.2 Å². The highest BCUT2D eigenvalue weighted by Crippen LogP contribution is 2.51. The lowest BCUT2D eigenvalue weighted by Crippen LogP contribution is -2.35. The van der Waals surface area contributed by atoms with Crippen LogP contribution >= 0.6 is 0 Å². The number of allylic oxidation sites excluding steroid dienone is 5. The molecular formula is C34H42N2O8S2. The molecule has 2 aliphatic heterocycles. The number of ketones is 1. The second-order valence-corrected chi connectivity index (χ2v) is 16.7. The van der Waals surface area contributed by atoms with Crippen LogP contribution in [-0.4, -0.2) is 61.4 Å². The minimum atomic E-state index is -4.15. The van der Waals surface area contributed by atoms with Crippen molar-refractivity contribution in [3.8, 4) is 0 Å². The Labute approximate surface area is 271 Å². The smallest absolute Gasteiger partial charge is 0.264 e. The average Bonchev–Trinajstić information content (AvgIpc) is 3.26. The lowest BCUT2D eigenvalue weighted by atomic mass is 9.75. The molecule has 3 N–H and O–H groups in total. The van der Waals surface area contributed by atoms with Crippen LogP contribution in [-0.2, 0) is 35.9 Å². The van der Waals surface area contributed by atoms with E-state index in [4.69, 9.17) is 0 Å². The molecule has 12 heteroatoms. The second kappa shape index (κ2) is 11.7. The van der Waals surface area contributed by atoms with Gasteiger partial charge in [0.1, 0.15) is 11.7 Å². The van der Waals surface area contributed by atoms with Crippen LogP contribution in [0.25, 0.3) is 0 Å². The van der Waals surface area contributed by atoms with Crippen LogP contribution < -0.4 is 9.80 Å². The Bertz CT molecular complexity index is 1920. The zero-order chi connectivity index (χ0) is 34.0. The molecule has 0 spiro atoms. The van der Waals surface area contributed by atoms with Gasteiger partial charge >= 0.3 is 0 Å². The Morgan fingerprint density at radius 3 is 1.63 bits per heavy atom. The van der Waals surface area contributed by atoms with Crippen LogP contribution in [0.4, 0.5) is 11.4 Å². The highest BCUT2D eigenvalue weighted by molar-refractivity contribution is 7.86. The van der Waals surface area contributed by atoms with E-state index in [1.54, 1.807) is 12.2 Å². The molecule has 248 valence electrons. The molecule has 0 saturated carbocycles. The maximum atomic E-state index is 13.8. The van der Waals surface area contributed by atoms with Crippen LogP contribution in [0.2, 0.25) is 0 Å². The van der Waals surface area contributed by atoms with Crippen LogP contribution in [0, 0.1) is 19.8 Å². The van der Waals surface area contributed by atoms with Crippen molar-refractivity contribution < 1.29 is 35.8 Å². The number of benzene rings is 2. The molecular weight excluding hydrogens is 629 g/mol. The molecule has 5 rings (SSSR count). The number of aliphatic hydroxyl groups is 1. The molecule has 2 aromatic rings. The van der Waals surface area contributed by atoms with Gasteiger partial charge in [0, 0.05) is 46.7 Å². The van der Waals surface area contributed by atoms with Gasteiger partial charge in [0.2, 0.25) is 0 Å². The fourth-order valence-electron chi connectivity index (χ4n) is 6.93. The van der Waals surface area contributed by atoms with Crippen LogP contribution in [0.5, 0.6) is 0 Å². The van der Waals surface area contributed by atoms with Gasteiger partial charge < -0.3 is 14.9 Å². The van der Waals surface area contributed by atoms with Gasteiger partial charge in [-0.1, -0.05) is 63.1 Å². The summed E-state index contributed by atoms with van der Waals surface area (Å²) in [5, 5.41) is 11.4. The fraction of sp³-hybridized carbons (Fsp3) is 0.441. The Kier molecular flexibility index (Phi) is 8.59. The van der Waals surface area contributed by atoms with Crippen molar-refractivity contribution in [3.63, 3.8) is 0 Å². The molecule has 0 bridgehead atoms. The number of rotatable bonds is 10. The third-order valence-corrected chi connectivity index (χ3v) is 11.0. The lowest BCUT2D eigenvalue weighted by Gasteiger charge is -2.32. The third kappa shape index (κ3) is 6.27. The first-order valence-electron chi connectivity index (χ1n) is 15.3. The number of Topliss-reactive ketones (excluding diaryl/α,β-unsaturated/α-hetero) is 1. The van der Waals surface area contributed by atoms with E-state index in [2.05, 4.69) is 12.1 Å². The van der Waals surface area contributed by atoms with Crippen LogP contribution in [0.3, 0.4) is 0 Å². The van der Waals surface area contributed by atoms with Gasteiger partial charge in [-0.2, -0.15) is 16.8 Å². The van der Waals surface area contributed by atoms with Gasteiger partial charge in [-0.05, 0) is 62.1 Å². The Balaban J connectivity index is 1.52. The normalized spacial score (nSPS) is 22.1. The maximum absolute atomic E-state index is 13.8. The maximum Gasteiger partial charge on any atom is 0.264 e. The van der Waals surface area contributed by atoms with E-state index in [1.165, 1.54) is 0 Å². The van der Waals surface area contributed by atoms with E-state index >= 15 is 0 Å². The number of aliphatic hydroxyl groups excluding tert-OH is 1. The molecule has 0 amide bonds. The predicted molar refractivity (Wildman–Crippen MR) is 179 cm³/mol. The first-order valence-corrected chi connectivity index (χ1v) is 18.5. The van der Waals surface area contributed by atoms with E-state index in [0.29, 0.717) is 0 Å². The lowest BCUT2D eigenvalue weighted by molar-refractivity contribution is -0.120. The monoisotopic (exact) mass is 670 g/mol. The summed E-state index contributed by atoms with van der Waals surface area (Å²) >= 11 is 0. The zero-order valence-electron chi connectivity index (χ0n) is 27.0. The number of carbonyl (C=O) groups excluding carboxylic acids is 1. The summed E-state index contributed by atoms with van der Waals surface area (Å²) in [6.07, 6.45) is 3.77. The molecule has 10 nitrogen and oxygen atoms in total. The van der Waals surface area contributed by atoms with Crippen molar-refractivity contribution in [1.82, 2.24) is 0 Å². The first-order chi connectivity index (χ1) is 21.2. The molecule has 2 aromatic carbocycles. The fourth-order valence-corrected chi connectivity index (χ4v) is 7.92. The SMILES string of the molecule is Cc1ccc2c(c1)C(C)(C)/C(=C\C1=C(O)C(/C=C3/N(CCCS(=O)(=O)O)c4ccc(C)cc4C3(C)C)C1=O)N2CCCS(=O)(=O)O. The molecule has 0 aromatic heterocycles. The van der Waals surface area contributed by atoms with Gasteiger partial charge in [0.25, 0.3) is 20.2 Å². The van der Waals surface area contributed by atoms with Crippen molar-refractivity contribution in [3.05, 3.63) is 93.5 Å². The molecule has 0 fully saturated rings. The number of hydrogen-bond donors (Lipinski definition) is 3. The van der Waals surface area contributed by atoms with E-state index in [-0.39, 0.29) is 43.0 Å². The predicted octanol–water partition coefficient (Wildman–Crippen LogP) is 5.53. The van der Waals surface area contributed by atoms with Crippen molar-refractivity contribution in [1.29, 1.82) is 0 Å². The highest BCUT2D eigenvalue weighted by atomic mass is 32.2. The van der Waals surface area contributed by atoms with Gasteiger partial charge in [0.05, 0.1) is 17.1 Å². The quantitative estimate of drug-likeness (QED) is 0.275. The number of carbonyl (C=O) groups is 1. The molecule has 1 aliphatic carbocycles. The summed E-state index contributed by atoms with van der Waals surface area (Å²) in [5.41, 5.74) is 6.46. The minimum Gasteiger partial charge on any atom is -0.510 e. The standard InChI is InChI=1S/C34H42N2O8S2/c1-21-9-11-27-25(17-21)33(3,4)29(35(27)13-7-15-45(39,40)41)19-23-31(37)24(32(23)38)20-30-34(5,6)26-18-22(2)10-12-28(26)36(30)14-8-16-46(42,43)44/h9-12,17-20,23,37H,7-8,13-16H2,1-6H3,(H,39,40,41)(H,42,43,44)/b29-19+,30-20+. The minimum absolute atomic E-state index is 0.0772. The van der Waals surface area contributed by atoms with E-state index in [9.17, 15) is 35.8 Å². The van der Waals surface area contributed by atoms with Crippen molar-refractivity contribution >= 4 is 37.4 Å². The van der Waals surface area contributed by atoms with Crippen molar-refractivity contribution in [2.75, 3.05) is 34.4 Å². The second-order valence-electron chi connectivity index (χ2n) is 13.6. The van der Waals surface area contributed by atoms with Crippen molar-refractivity contribution in [2.24, 2.45) is 5.92 Å². The zero-order valence-corrected chi connectivity index (χ0v) is 28.7. The molecule has 3 aliphatic rings. The highest BCUT2D eigenvalue weighted by Gasteiger charge is 2.46. The number of fused-ring (bicyclic) bond motifs is 2. The van der Waals surface area contributed by atoms with E-state index in [0.717, 1.165) is 45.0 Å². The van der Waals surface area contributed by atoms with E-state index < -0.39 is 48.5 Å². The van der Waals surface area contributed by atoms with Gasteiger partial charge in [-0.3, -0.25) is 13.9 Å². The molecule has 1 unspecified atom stereocenters. The van der Waals surface area contributed by atoms with Gasteiger partial charge in [-0.25, -0.2) is 0 Å². The molecule has 2 heterocycles. The van der Waals surface area contributed by atoms with Crippen LogP contribution in [0.15, 0.2) is 71.3 Å². The number of anilines is 2. The third-order valence-electron chi connectivity index (χ3n) is 9.39. The summed E-state index contributed by atoms with van der Waals surface area (Å²) in [6.45, 7) is 12.6. The Morgan fingerprint density at radius 2 is 1.20 bits per heavy atom. The first kappa shape index (κ1) is 33.9. The van der Waals surface area contributed by atoms with Crippen LogP contribution in [0.1, 0.15) is 62.8 Å². The average molecular weight is 671 g/mol. The molecule has 1 atom stereocenters. The summed E-state index contributed by atoms with van der Waals surface area (Å²) in [4.78, 5) is 17.7. The summed E-state index contributed by atoms with van der Waals surface area (Å²) < 4.78 is 64.4. The molecule has 0 radical (unpaired) electrons. The topological polar surface area (TPSA) is 153 Å². The Hall–Kier alpha value is -3.45. The van der Waals surface area contributed by atoms with Gasteiger partial charge in [-0.15, -0.1) is 0 Å². The number of aryl methyl sites for hydroxylation is 2. The largest absolute Gasteiger partial charge is 0.510 e.